The third-order valence-corrected chi connectivity index (χ3v) is 2.51. The Kier molecular flexibility index (Phi) is 3.95. The van der Waals surface area contributed by atoms with Crippen LogP contribution >= 0.6 is 0 Å². The van der Waals surface area contributed by atoms with Crippen molar-refractivity contribution >= 4 is 5.69 Å². The molecule has 0 atom stereocenters. The molecular weight excluding hydrogens is 276 g/mol. The number of rotatable bonds is 4. The number of nitro groups is 1. The second-order valence-corrected chi connectivity index (χ2v) is 3.98. The Morgan fingerprint density at radius 1 is 1.33 bits per heavy atom. The van der Waals surface area contributed by atoms with Crippen LogP contribution in [0, 0.1) is 28.4 Å². The molecule has 8 nitrogen and oxygen atoms in total. The monoisotopic (exact) mass is 286 g/mol. The quantitative estimate of drug-likeness (QED) is 0.626. The van der Waals surface area contributed by atoms with Gasteiger partial charge in [-0.3, -0.25) is 10.1 Å². The van der Waals surface area contributed by atoms with Gasteiger partial charge in [0.2, 0.25) is 5.75 Å². The third kappa shape index (κ3) is 3.22. The van der Waals surface area contributed by atoms with Crippen LogP contribution in [0.4, 0.5) is 5.69 Å². The third-order valence-electron chi connectivity index (χ3n) is 2.51. The molecule has 2 rings (SSSR count). The number of benzene rings is 1. The highest BCUT2D eigenvalue weighted by atomic mass is 16.6. The maximum atomic E-state index is 11.0. The number of aryl methyl sites for hydroxylation is 1. The van der Waals surface area contributed by atoms with Crippen molar-refractivity contribution in [2.24, 2.45) is 0 Å². The zero-order valence-corrected chi connectivity index (χ0v) is 11.2. The van der Waals surface area contributed by atoms with Crippen LogP contribution in [0.3, 0.4) is 0 Å². The Hall–Kier alpha value is -3.21. The molecule has 106 valence electrons. The SMILES string of the molecule is COc1ccc(Oc2nc(C)cc(C#N)n2)c([N+](=O)[O-])c1. The molecular formula is C13H10N4O4. The van der Waals surface area contributed by atoms with Gasteiger partial charge in [0.05, 0.1) is 18.1 Å². The number of methoxy groups -OCH3 is 1. The molecule has 0 radical (unpaired) electrons. The second-order valence-electron chi connectivity index (χ2n) is 3.98. The van der Waals surface area contributed by atoms with Gasteiger partial charge in [0.1, 0.15) is 17.5 Å². The van der Waals surface area contributed by atoms with Gasteiger partial charge in [-0.15, -0.1) is 0 Å². The molecule has 0 aliphatic carbocycles. The van der Waals surface area contributed by atoms with Gasteiger partial charge in [-0.1, -0.05) is 0 Å². The van der Waals surface area contributed by atoms with Crippen molar-refractivity contribution in [1.82, 2.24) is 9.97 Å². The number of hydrogen-bond donors (Lipinski definition) is 0. The van der Waals surface area contributed by atoms with Gasteiger partial charge in [0.25, 0.3) is 0 Å². The minimum Gasteiger partial charge on any atom is -0.496 e. The number of ether oxygens (including phenoxy) is 2. The van der Waals surface area contributed by atoms with Crippen LogP contribution in [0.2, 0.25) is 0 Å². The first kappa shape index (κ1) is 14.2. The molecule has 2 aromatic rings. The van der Waals surface area contributed by atoms with Crippen molar-refractivity contribution in [3.05, 3.63) is 45.8 Å². The van der Waals surface area contributed by atoms with E-state index in [1.807, 2.05) is 6.07 Å². The molecule has 0 bridgehead atoms. The van der Waals surface area contributed by atoms with Gasteiger partial charge in [-0.05, 0) is 25.1 Å². The Morgan fingerprint density at radius 2 is 2.10 bits per heavy atom. The van der Waals surface area contributed by atoms with Gasteiger partial charge in [-0.2, -0.15) is 10.2 Å². The molecule has 1 aromatic heterocycles. The first-order chi connectivity index (χ1) is 10.0. The van der Waals surface area contributed by atoms with E-state index >= 15 is 0 Å². The van der Waals surface area contributed by atoms with E-state index in [9.17, 15) is 10.1 Å². The summed E-state index contributed by atoms with van der Waals surface area (Å²) in [6.07, 6.45) is 0. The van der Waals surface area contributed by atoms with Crippen LogP contribution in [0.5, 0.6) is 17.5 Å². The van der Waals surface area contributed by atoms with E-state index in [2.05, 4.69) is 9.97 Å². The van der Waals surface area contributed by atoms with E-state index in [4.69, 9.17) is 14.7 Å². The summed E-state index contributed by atoms with van der Waals surface area (Å²) in [5, 5.41) is 19.9. The lowest BCUT2D eigenvalue weighted by Gasteiger charge is -2.06. The van der Waals surface area contributed by atoms with Crippen molar-refractivity contribution in [2.45, 2.75) is 6.92 Å². The lowest BCUT2D eigenvalue weighted by molar-refractivity contribution is -0.385. The summed E-state index contributed by atoms with van der Waals surface area (Å²) in [6, 6.07) is 7.35. The fourth-order valence-electron chi connectivity index (χ4n) is 1.60. The predicted molar refractivity (Wildman–Crippen MR) is 71.2 cm³/mol. The fraction of sp³-hybridized carbons (Fsp3) is 0.154. The van der Waals surface area contributed by atoms with Crippen LogP contribution in [0.25, 0.3) is 0 Å². The molecule has 0 fully saturated rings. The van der Waals surface area contributed by atoms with Crippen LogP contribution in [-0.2, 0) is 0 Å². The van der Waals surface area contributed by atoms with Gasteiger partial charge in [0.15, 0.2) is 0 Å². The molecule has 0 amide bonds. The first-order valence-corrected chi connectivity index (χ1v) is 5.79. The van der Waals surface area contributed by atoms with E-state index in [-0.39, 0.29) is 23.1 Å². The second kappa shape index (κ2) is 5.83. The van der Waals surface area contributed by atoms with Gasteiger partial charge in [-0.25, -0.2) is 4.98 Å². The van der Waals surface area contributed by atoms with Crippen molar-refractivity contribution in [3.63, 3.8) is 0 Å². The number of hydrogen-bond acceptors (Lipinski definition) is 7. The van der Waals surface area contributed by atoms with Crippen LogP contribution in [-0.4, -0.2) is 22.0 Å². The fourth-order valence-corrected chi connectivity index (χ4v) is 1.60. The van der Waals surface area contributed by atoms with Gasteiger partial charge in [0, 0.05) is 5.69 Å². The lowest BCUT2D eigenvalue weighted by atomic mass is 10.3. The molecule has 0 saturated carbocycles. The zero-order valence-electron chi connectivity index (χ0n) is 11.2. The average Bonchev–Trinajstić information content (AvgIpc) is 2.46. The summed E-state index contributed by atoms with van der Waals surface area (Å²) >= 11 is 0. The summed E-state index contributed by atoms with van der Waals surface area (Å²) < 4.78 is 10.3. The number of nitrogens with zero attached hydrogens (tertiary/aromatic N) is 4. The maximum absolute atomic E-state index is 11.0. The highest BCUT2D eigenvalue weighted by Crippen LogP contribution is 2.33. The standard InChI is InChI=1S/C13H10N4O4/c1-8-5-9(7-14)16-13(15-8)21-12-4-3-10(20-2)6-11(12)17(18)19/h3-6H,1-2H3. The van der Waals surface area contributed by atoms with E-state index in [0.29, 0.717) is 11.4 Å². The van der Waals surface area contributed by atoms with Crippen LogP contribution in [0.15, 0.2) is 24.3 Å². The lowest BCUT2D eigenvalue weighted by Crippen LogP contribution is -1.99. The predicted octanol–water partition coefficient (Wildman–Crippen LogP) is 2.37. The Morgan fingerprint density at radius 3 is 2.71 bits per heavy atom. The van der Waals surface area contributed by atoms with Crippen LogP contribution in [0.1, 0.15) is 11.4 Å². The van der Waals surface area contributed by atoms with Crippen molar-refractivity contribution in [3.8, 4) is 23.6 Å². The van der Waals surface area contributed by atoms with E-state index in [1.54, 1.807) is 6.92 Å². The molecule has 0 aliphatic heterocycles. The molecule has 1 heterocycles. The van der Waals surface area contributed by atoms with Crippen molar-refractivity contribution in [1.29, 1.82) is 5.26 Å². The summed E-state index contributed by atoms with van der Waals surface area (Å²) in [6.45, 7) is 1.66. The number of nitro benzene ring substituents is 1. The zero-order chi connectivity index (χ0) is 15.4. The summed E-state index contributed by atoms with van der Waals surface area (Å²) in [7, 11) is 1.41. The normalized spacial score (nSPS) is 9.76. The molecule has 0 N–H and O–H groups in total. The van der Waals surface area contributed by atoms with E-state index in [1.165, 1.54) is 31.4 Å². The molecule has 0 aliphatic rings. The van der Waals surface area contributed by atoms with Gasteiger partial charge >= 0.3 is 11.7 Å². The molecule has 0 spiro atoms. The number of aromatic nitrogens is 2. The van der Waals surface area contributed by atoms with Crippen LogP contribution < -0.4 is 9.47 Å². The maximum Gasteiger partial charge on any atom is 0.323 e. The average molecular weight is 286 g/mol. The smallest absolute Gasteiger partial charge is 0.323 e. The van der Waals surface area contributed by atoms with E-state index < -0.39 is 4.92 Å². The van der Waals surface area contributed by atoms with Crippen molar-refractivity contribution < 1.29 is 14.4 Å². The largest absolute Gasteiger partial charge is 0.496 e. The van der Waals surface area contributed by atoms with Gasteiger partial charge < -0.3 is 9.47 Å². The van der Waals surface area contributed by atoms with Crippen molar-refractivity contribution in [2.75, 3.05) is 7.11 Å². The topological polar surface area (TPSA) is 111 Å². The minimum atomic E-state index is -0.598. The highest BCUT2D eigenvalue weighted by molar-refractivity contribution is 5.51. The molecule has 21 heavy (non-hydrogen) atoms. The minimum absolute atomic E-state index is 0.0321. The molecule has 8 heteroatoms. The van der Waals surface area contributed by atoms with E-state index in [0.717, 1.165) is 0 Å². The molecule has 1 aromatic carbocycles. The summed E-state index contributed by atoms with van der Waals surface area (Å²) in [4.78, 5) is 18.3. The Bertz CT molecular complexity index is 739. The molecule has 0 saturated heterocycles. The summed E-state index contributed by atoms with van der Waals surface area (Å²) in [5.41, 5.74) is 0.361. The Labute approximate surface area is 119 Å². The number of nitriles is 1. The summed E-state index contributed by atoms with van der Waals surface area (Å²) in [5.74, 6) is 0.298. The Balaban J connectivity index is 2.42. The first-order valence-electron chi connectivity index (χ1n) is 5.79. The highest BCUT2D eigenvalue weighted by Gasteiger charge is 2.18. The molecule has 0 unspecified atom stereocenters.